The zero-order valence-corrected chi connectivity index (χ0v) is 15.6. The van der Waals surface area contributed by atoms with Crippen LogP contribution in [0.3, 0.4) is 0 Å². The lowest BCUT2D eigenvalue weighted by Crippen LogP contribution is -2.32. The van der Waals surface area contributed by atoms with E-state index in [9.17, 15) is 9.59 Å². The SMILES string of the molecule is Cc1ccc(CN2CC(C(=O)NCc3ccc4c(c3)CNC4)CC2=O)cc1. The molecule has 5 nitrogen and oxygen atoms in total. The molecule has 1 fully saturated rings. The van der Waals surface area contributed by atoms with Gasteiger partial charge in [0.25, 0.3) is 0 Å². The summed E-state index contributed by atoms with van der Waals surface area (Å²) >= 11 is 0. The Hall–Kier alpha value is -2.66. The van der Waals surface area contributed by atoms with Crippen LogP contribution in [0.4, 0.5) is 0 Å². The van der Waals surface area contributed by atoms with Crippen molar-refractivity contribution in [3.05, 3.63) is 70.3 Å². The molecule has 4 rings (SSSR count). The van der Waals surface area contributed by atoms with Crippen molar-refractivity contribution in [3.63, 3.8) is 0 Å². The Morgan fingerprint density at radius 3 is 2.67 bits per heavy atom. The number of nitrogens with one attached hydrogen (secondary N) is 2. The van der Waals surface area contributed by atoms with Gasteiger partial charge in [0.05, 0.1) is 5.92 Å². The molecule has 5 heteroatoms. The molecule has 2 aliphatic rings. The van der Waals surface area contributed by atoms with Crippen molar-refractivity contribution in [2.24, 2.45) is 5.92 Å². The summed E-state index contributed by atoms with van der Waals surface area (Å²) in [5.74, 6) is -0.244. The molecule has 0 bridgehead atoms. The number of likely N-dealkylation sites (tertiary alicyclic amines) is 1. The first-order valence-electron chi connectivity index (χ1n) is 9.51. The maximum absolute atomic E-state index is 12.5. The molecule has 0 radical (unpaired) electrons. The molecule has 2 aromatic carbocycles. The number of benzene rings is 2. The van der Waals surface area contributed by atoms with E-state index in [2.05, 4.69) is 28.8 Å². The van der Waals surface area contributed by atoms with Crippen molar-refractivity contribution in [1.29, 1.82) is 0 Å². The van der Waals surface area contributed by atoms with Gasteiger partial charge in [-0.2, -0.15) is 0 Å². The summed E-state index contributed by atoms with van der Waals surface area (Å²) in [6, 6.07) is 14.5. The lowest BCUT2D eigenvalue weighted by Gasteiger charge is -2.17. The van der Waals surface area contributed by atoms with E-state index in [0.717, 1.165) is 24.2 Å². The number of carbonyl (C=O) groups is 2. The average molecular weight is 363 g/mol. The van der Waals surface area contributed by atoms with Crippen molar-refractivity contribution in [3.8, 4) is 0 Å². The topological polar surface area (TPSA) is 61.4 Å². The lowest BCUT2D eigenvalue weighted by molar-refractivity contribution is -0.129. The third-order valence-corrected chi connectivity index (χ3v) is 5.45. The van der Waals surface area contributed by atoms with Gasteiger partial charge in [0, 0.05) is 39.1 Å². The van der Waals surface area contributed by atoms with Crippen LogP contribution in [0, 0.1) is 12.8 Å². The van der Waals surface area contributed by atoms with Crippen LogP contribution in [-0.2, 0) is 35.8 Å². The van der Waals surface area contributed by atoms with Gasteiger partial charge < -0.3 is 15.5 Å². The highest BCUT2D eigenvalue weighted by Gasteiger charge is 2.34. The van der Waals surface area contributed by atoms with Crippen LogP contribution < -0.4 is 10.6 Å². The van der Waals surface area contributed by atoms with Crippen LogP contribution in [0.25, 0.3) is 0 Å². The number of fused-ring (bicyclic) bond motifs is 1. The third kappa shape index (κ3) is 4.03. The molecule has 0 saturated carbocycles. The van der Waals surface area contributed by atoms with Gasteiger partial charge in [-0.3, -0.25) is 9.59 Å². The van der Waals surface area contributed by atoms with Crippen molar-refractivity contribution in [1.82, 2.24) is 15.5 Å². The summed E-state index contributed by atoms with van der Waals surface area (Å²) in [7, 11) is 0. The maximum Gasteiger partial charge on any atom is 0.225 e. The zero-order chi connectivity index (χ0) is 18.8. The predicted molar refractivity (Wildman–Crippen MR) is 104 cm³/mol. The van der Waals surface area contributed by atoms with E-state index in [4.69, 9.17) is 0 Å². The van der Waals surface area contributed by atoms with Gasteiger partial charge in [-0.15, -0.1) is 0 Å². The number of rotatable bonds is 5. The van der Waals surface area contributed by atoms with Crippen LogP contribution in [0.1, 0.15) is 34.2 Å². The first-order valence-corrected chi connectivity index (χ1v) is 9.51. The molecule has 0 aromatic heterocycles. The van der Waals surface area contributed by atoms with Crippen LogP contribution in [0.15, 0.2) is 42.5 Å². The Balaban J connectivity index is 1.31. The summed E-state index contributed by atoms with van der Waals surface area (Å²) in [5.41, 5.74) is 6.04. The van der Waals surface area contributed by atoms with E-state index in [0.29, 0.717) is 26.1 Å². The highest BCUT2D eigenvalue weighted by molar-refractivity contribution is 5.89. The van der Waals surface area contributed by atoms with Gasteiger partial charge >= 0.3 is 0 Å². The van der Waals surface area contributed by atoms with Crippen molar-refractivity contribution >= 4 is 11.8 Å². The number of hydrogen-bond donors (Lipinski definition) is 2. The Morgan fingerprint density at radius 2 is 1.85 bits per heavy atom. The van der Waals surface area contributed by atoms with Crippen molar-refractivity contribution in [2.45, 2.75) is 39.5 Å². The van der Waals surface area contributed by atoms with Gasteiger partial charge in [0.15, 0.2) is 0 Å². The van der Waals surface area contributed by atoms with Crippen molar-refractivity contribution < 1.29 is 9.59 Å². The van der Waals surface area contributed by atoms with E-state index < -0.39 is 0 Å². The van der Waals surface area contributed by atoms with Gasteiger partial charge in [-0.1, -0.05) is 48.0 Å². The normalized spacial score (nSPS) is 18.6. The summed E-state index contributed by atoms with van der Waals surface area (Å²) in [4.78, 5) is 26.6. The highest BCUT2D eigenvalue weighted by Crippen LogP contribution is 2.21. The summed E-state index contributed by atoms with van der Waals surface area (Å²) in [6.07, 6.45) is 0.297. The Labute approximate surface area is 159 Å². The van der Waals surface area contributed by atoms with Crippen molar-refractivity contribution in [2.75, 3.05) is 6.54 Å². The maximum atomic E-state index is 12.5. The highest BCUT2D eigenvalue weighted by atomic mass is 16.2. The number of aryl methyl sites for hydroxylation is 1. The van der Waals surface area contributed by atoms with Crippen LogP contribution in [0.2, 0.25) is 0 Å². The lowest BCUT2D eigenvalue weighted by atomic mass is 10.1. The molecule has 2 heterocycles. The predicted octanol–water partition coefficient (Wildman–Crippen LogP) is 2.26. The molecule has 27 heavy (non-hydrogen) atoms. The molecule has 0 aliphatic carbocycles. The minimum Gasteiger partial charge on any atom is -0.352 e. The second-order valence-electron chi connectivity index (χ2n) is 7.59. The quantitative estimate of drug-likeness (QED) is 0.857. The largest absolute Gasteiger partial charge is 0.352 e. The fourth-order valence-electron chi connectivity index (χ4n) is 3.81. The van der Waals surface area contributed by atoms with E-state index in [1.54, 1.807) is 4.90 Å². The van der Waals surface area contributed by atoms with Crippen LogP contribution in [0.5, 0.6) is 0 Å². The number of amides is 2. The molecular weight excluding hydrogens is 338 g/mol. The molecule has 2 N–H and O–H groups in total. The fraction of sp³-hybridized carbons (Fsp3) is 0.364. The molecular formula is C22H25N3O2. The van der Waals surface area contributed by atoms with E-state index in [-0.39, 0.29) is 17.7 Å². The summed E-state index contributed by atoms with van der Waals surface area (Å²) in [5, 5.41) is 6.33. The first kappa shape index (κ1) is 17.7. The van der Waals surface area contributed by atoms with E-state index in [1.165, 1.54) is 16.7 Å². The number of carbonyl (C=O) groups excluding carboxylic acids is 2. The summed E-state index contributed by atoms with van der Waals surface area (Å²) < 4.78 is 0. The minimum absolute atomic E-state index is 0.0339. The zero-order valence-electron chi connectivity index (χ0n) is 15.6. The number of hydrogen-bond acceptors (Lipinski definition) is 3. The Bertz CT molecular complexity index is 860. The monoisotopic (exact) mass is 363 g/mol. The van der Waals surface area contributed by atoms with Gasteiger partial charge in [-0.05, 0) is 29.2 Å². The molecule has 1 saturated heterocycles. The second kappa shape index (κ2) is 7.53. The van der Waals surface area contributed by atoms with E-state index >= 15 is 0 Å². The summed E-state index contributed by atoms with van der Waals surface area (Å²) in [6.45, 7) is 5.43. The smallest absolute Gasteiger partial charge is 0.225 e. The molecule has 140 valence electrons. The Morgan fingerprint density at radius 1 is 1.11 bits per heavy atom. The number of nitrogens with zero attached hydrogens (tertiary/aromatic N) is 1. The molecule has 0 spiro atoms. The van der Waals surface area contributed by atoms with E-state index in [1.807, 2.05) is 31.2 Å². The molecule has 1 unspecified atom stereocenters. The average Bonchev–Trinajstić information content (AvgIpc) is 3.28. The molecule has 2 amide bonds. The molecule has 2 aromatic rings. The molecule has 2 aliphatic heterocycles. The fourth-order valence-corrected chi connectivity index (χ4v) is 3.81. The van der Waals surface area contributed by atoms with Crippen LogP contribution >= 0.6 is 0 Å². The minimum atomic E-state index is -0.265. The Kier molecular flexibility index (Phi) is 4.94. The standard InChI is InChI=1S/C22H25N3O2/c1-15-2-4-16(5-3-15)13-25-14-20(9-21(25)26)22(27)24-10-17-6-7-18-11-23-12-19(18)8-17/h2-8,20,23H,9-14H2,1H3,(H,24,27). The van der Waals surface area contributed by atoms with Crippen LogP contribution in [-0.4, -0.2) is 23.3 Å². The first-order chi connectivity index (χ1) is 13.1. The molecule has 1 atom stereocenters. The van der Waals surface area contributed by atoms with Gasteiger partial charge in [0.1, 0.15) is 0 Å². The van der Waals surface area contributed by atoms with Gasteiger partial charge in [0.2, 0.25) is 11.8 Å². The van der Waals surface area contributed by atoms with Gasteiger partial charge in [-0.25, -0.2) is 0 Å². The second-order valence-corrected chi connectivity index (χ2v) is 7.59. The third-order valence-electron chi connectivity index (χ3n) is 5.45.